The monoisotopic (exact) mass is 236 g/mol. The Kier molecular flexibility index (Phi) is 2.88. The number of carboxylic acids is 1. The molecule has 0 amide bonds. The number of imidazole rings is 1. The van der Waals surface area contributed by atoms with Crippen LogP contribution in [0.1, 0.15) is 6.42 Å². The average molecular weight is 236 g/mol. The summed E-state index contributed by atoms with van der Waals surface area (Å²) in [6, 6.07) is -0.931. The minimum atomic E-state index is -1.05. The molecule has 17 heavy (non-hydrogen) atoms. The van der Waals surface area contributed by atoms with Gasteiger partial charge in [0.05, 0.1) is 12.7 Å². The van der Waals surface area contributed by atoms with Crippen LogP contribution >= 0.6 is 0 Å². The fourth-order valence-electron chi connectivity index (χ4n) is 1.46. The van der Waals surface area contributed by atoms with Gasteiger partial charge in [-0.2, -0.15) is 0 Å². The van der Waals surface area contributed by atoms with E-state index in [0.717, 1.165) is 0 Å². The molecule has 2 aromatic rings. The van der Waals surface area contributed by atoms with Crippen LogP contribution in [0.3, 0.4) is 0 Å². The van der Waals surface area contributed by atoms with E-state index in [1.165, 1.54) is 17.2 Å². The molecule has 0 saturated carbocycles. The summed E-state index contributed by atoms with van der Waals surface area (Å²) in [6.45, 7) is 0.328. The van der Waals surface area contributed by atoms with Gasteiger partial charge in [0.25, 0.3) is 0 Å². The van der Waals surface area contributed by atoms with Crippen molar-refractivity contribution >= 4 is 17.1 Å². The van der Waals surface area contributed by atoms with E-state index in [2.05, 4.69) is 15.0 Å². The van der Waals surface area contributed by atoms with Gasteiger partial charge in [0, 0.05) is 6.54 Å². The summed E-state index contributed by atoms with van der Waals surface area (Å²) < 4.78 is 1.53. The van der Waals surface area contributed by atoms with Gasteiger partial charge in [-0.1, -0.05) is 0 Å². The maximum absolute atomic E-state index is 10.6. The standard InChI is InChI=1S/C9H12N6O2/c10-5(9(16)17)1-2-15-4-14-8-6(7(15)11)12-3-13-8/h3-5,11H,1-2,10H2,(H,12,13)(H,16,17). The van der Waals surface area contributed by atoms with E-state index in [9.17, 15) is 4.79 Å². The third-order valence-electron chi connectivity index (χ3n) is 2.46. The van der Waals surface area contributed by atoms with Gasteiger partial charge in [0.15, 0.2) is 11.1 Å². The van der Waals surface area contributed by atoms with Crippen molar-refractivity contribution in [3.8, 4) is 0 Å². The summed E-state index contributed by atoms with van der Waals surface area (Å²) in [7, 11) is 0. The molecule has 1 atom stereocenters. The summed E-state index contributed by atoms with van der Waals surface area (Å²) in [5.41, 5.74) is 6.60. The fourth-order valence-corrected chi connectivity index (χ4v) is 1.46. The van der Waals surface area contributed by atoms with Crippen LogP contribution < -0.4 is 11.2 Å². The maximum atomic E-state index is 10.6. The third kappa shape index (κ3) is 2.16. The molecule has 0 spiro atoms. The lowest BCUT2D eigenvalue weighted by atomic mass is 10.2. The lowest BCUT2D eigenvalue weighted by molar-refractivity contribution is -0.138. The molecule has 5 N–H and O–H groups in total. The Morgan fingerprint density at radius 2 is 2.41 bits per heavy atom. The van der Waals surface area contributed by atoms with Gasteiger partial charge in [0.2, 0.25) is 0 Å². The number of carboxylic acid groups (broad SMARTS) is 1. The first-order valence-corrected chi connectivity index (χ1v) is 5.01. The molecule has 0 aliphatic rings. The molecule has 90 valence electrons. The second-order valence-electron chi connectivity index (χ2n) is 3.62. The number of rotatable bonds is 4. The summed E-state index contributed by atoms with van der Waals surface area (Å²) in [6.07, 6.45) is 3.16. The van der Waals surface area contributed by atoms with E-state index in [1.807, 2.05) is 0 Å². The molecule has 8 heteroatoms. The highest BCUT2D eigenvalue weighted by atomic mass is 16.4. The van der Waals surface area contributed by atoms with Crippen molar-refractivity contribution in [1.29, 1.82) is 5.41 Å². The fraction of sp³-hybridized carbons (Fsp3) is 0.333. The summed E-state index contributed by atoms with van der Waals surface area (Å²) in [5.74, 6) is -1.05. The van der Waals surface area contributed by atoms with Gasteiger partial charge in [-0.3, -0.25) is 10.2 Å². The van der Waals surface area contributed by atoms with Crippen molar-refractivity contribution in [2.45, 2.75) is 19.0 Å². The van der Waals surface area contributed by atoms with E-state index >= 15 is 0 Å². The number of nitrogens with two attached hydrogens (primary N) is 1. The van der Waals surface area contributed by atoms with Crippen molar-refractivity contribution in [3.05, 3.63) is 18.1 Å². The van der Waals surface area contributed by atoms with E-state index in [1.54, 1.807) is 0 Å². The van der Waals surface area contributed by atoms with Gasteiger partial charge in [-0.05, 0) is 6.42 Å². The molecule has 1 unspecified atom stereocenters. The topological polar surface area (TPSA) is 134 Å². The average Bonchev–Trinajstić information content (AvgIpc) is 2.76. The Hall–Kier alpha value is -2.22. The zero-order chi connectivity index (χ0) is 12.4. The number of fused-ring (bicyclic) bond motifs is 1. The van der Waals surface area contributed by atoms with Crippen LogP contribution in [0.4, 0.5) is 0 Å². The molecule has 0 aromatic carbocycles. The van der Waals surface area contributed by atoms with Gasteiger partial charge in [0.1, 0.15) is 11.6 Å². The number of nitrogens with one attached hydrogen (secondary N) is 2. The Balaban J connectivity index is 2.22. The highest BCUT2D eigenvalue weighted by Gasteiger charge is 2.11. The first-order valence-electron chi connectivity index (χ1n) is 5.01. The maximum Gasteiger partial charge on any atom is 0.320 e. The minimum Gasteiger partial charge on any atom is -0.480 e. The number of aromatic amines is 1. The number of hydrogen-bond acceptors (Lipinski definition) is 5. The molecular formula is C9H12N6O2. The van der Waals surface area contributed by atoms with E-state index in [0.29, 0.717) is 17.7 Å². The highest BCUT2D eigenvalue weighted by molar-refractivity contribution is 5.73. The minimum absolute atomic E-state index is 0.213. The smallest absolute Gasteiger partial charge is 0.320 e. The number of hydrogen-bond donors (Lipinski definition) is 4. The number of carbonyl (C=O) groups is 1. The number of aryl methyl sites for hydroxylation is 1. The van der Waals surface area contributed by atoms with E-state index in [-0.39, 0.29) is 11.9 Å². The quantitative estimate of drug-likeness (QED) is 0.542. The second-order valence-corrected chi connectivity index (χ2v) is 3.62. The van der Waals surface area contributed by atoms with Gasteiger partial charge in [-0.15, -0.1) is 0 Å². The van der Waals surface area contributed by atoms with Gasteiger partial charge >= 0.3 is 5.97 Å². The molecule has 0 bridgehead atoms. The Morgan fingerprint density at radius 3 is 3.12 bits per heavy atom. The lowest BCUT2D eigenvalue weighted by Crippen LogP contribution is -2.33. The molecule has 8 nitrogen and oxygen atoms in total. The third-order valence-corrected chi connectivity index (χ3v) is 2.46. The van der Waals surface area contributed by atoms with Crippen LogP contribution in [0.15, 0.2) is 12.7 Å². The molecule has 0 aliphatic carbocycles. The molecular weight excluding hydrogens is 224 g/mol. The van der Waals surface area contributed by atoms with Crippen molar-refractivity contribution in [1.82, 2.24) is 19.5 Å². The van der Waals surface area contributed by atoms with Crippen molar-refractivity contribution in [3.63, 3.8) is 0 Å². The number of aliphatic carboxylic acids is 1. The Bertz CT molecular complexity index is 601. The molecule has 0 aliphatic heterocycles. The SMILES string of the molecule is N=c1c2[nH]cnc2ncn1CCC(N)C(=O)O. The lowest BCUT2D eigenvalue weighted by Gasteiger charge is -2.08. The number of H-pyrrole nitrogens is 1. The molecule has 2 aromatic heterocycles. The second kappa shape index (κ2) is 4.34. The van der Waals surface area contributed by atoms with Crippen molar-refractivity contribution in [2.24, 2.45) is 5.73 Å². The highest BCUT2D eigenvalue weighted by Crippen LogP contribution is 1.99. The Morgan fingerprint density at radius 1 is 1.65 bits per heavy atom. The van der Waals surface area contributed by atoms with Crippen LogP contribution in [0.2, 0.25) is 0 Å². The molecule has 0 radical (unpaired) electrons. The molecule has 0 saturated heterocycles. The normalized spacial score (nSPS) is 12.8. The van der Waals surface area contributed by atoms with Crippen LogP contribution in [0.5, 0.6) is 0 Å². The number of aromatic nitrogens is 4. The zero-order valence-corrected chi connectivity index (χ0v) is 8.92. The molecule has 0 fully saturated rings. The summed E-state index contributed by atoms with van der Waals surface area (Å²) >= 11 is 0. The van der Waals surface area contributed by atoms with Crippen LogP contribution in [-0.4, -0.2) is 36.6 Å². The number of nitrogens with zero attached hydrogens (tertiary/aromatic N) is 3. The van der Waals surface area contributed by atoms with E-state index < -0.39 is 12.0 Å². The van der Waals surface area contributed by atoms with Crippen LogP contribution in [0.25, 0.3) is 11.2 Å². The zero-order valence-electron chi connectivity index (χ0n) is 8.92. The summed E-state index contributed by atoms with van der Waals surface area (Å²) in [4.78, 5) is 21.3. The molecule has 2 rings (SSSR count). The molecule has 2 heterocycles. The predicted molar refractivity (Wildman–Crippen MR) is 58.0 cm³/mol. The van der Waals surface area contributed by atoms with Crippen molar-refractivity contribution in [2.75, 3.05) is 0 Å². The Labute approximate surface area is 95.6 Å². The van der Waals surface area contributed by atoms with E-state index in [4.69, 9.17) is 16.2 Å². The van der Waals surface area contributed by atoms with Gasteiger partial charge < -0.3 is 20.4 Å². The van der Waals surface area contributed by atoms with Crippen LogP contribution in [-0.2, 0) is 11.3 Å². The predicted octanol–water partition coefficient (Wildman–Crippen LogP) is -0.959. The first kappa shape index (κ1) is 11.3. The largest absolute Gasteiger partial charge is 0.480 e. The van der Waals surface area contributed by atoms with Crippen LogP contribution in [0, 0.1) is 5.41 Å². The first-order chi connectivity index (χ1) is 8.09. The van der Waals surface area contributed by atoms with Crippen molar-refractivity contribution < 1.29 is 9.90 Å². The van der Waals surface area contributed by atoms with Gasteiger partial charge in [-0.25, -0.2) is 9.97 Å². The summed E-state index contributed by atoms with van der Waals surface area (Å²) in [5, 5.41) is 16.5.